The quantitative estimate of drug-likeness (QED) is 0.181. The van der Waals surface area contributed by atoms with Crippen molar-refractivity contribution in [3.63, 3.8) is 0 Å². The van der Waals surface area contributed by atoms with Gasteiger partial charge in [0.15, 0.2) is 11.6 Å². The minimum atomic E-state index is -0.541. The average Bonchev–Trinajstić information content (AvgIpc) is 3.29. The summed E-state index contributed by atoms with van der Waals surface area (Å²) in [6.45, 7) is 4.27. The molecule has 0 aromatic heterocycles. The number of fused-ring (bicyclic) bond motifs is 3. The van der Waals surface area contributed by atoms with Crippen LogP contribution in [-0.2, 0) is 18.9 Å². The van der Waals surface area contributed by atoms with Gasteiger partial charge in [-0.3, -0.25) is 9.59 Å². The van der Waals surface area contributed by atoms with Crippen molar-refractivity contribution in [3.05, 3.63) is 58.7 Å². The van der Waals surface area contributed by atoms with Crippen LogP contribution in [0.5, 0.6) is 0 Å². The van der Waals surface area contributed by atoms with Crippen LogP contribution in [-0.4, -0.2) is 82.7 Å². The Morgan fingerprint density at radius 2 is 1.46 bits per heavy atom. The van der Waals surface area contributed by atoms with E-state index in [0.29, 0.717) is 69.7 Å². The molecule has 0 spiro atoms. The van der Waals surface area contributed by atoms with E-state index in [2.05, 4.69) is 5.32 Å². The second-order valence-corrected chi connectivity index (χ2v) is 10.2. The Balaban J connectivity index is 1.71. The summed E-state index contributed by atoms with van der Waals surface area (Å²) in [4.78, 5) is 37.9. The van der Waals surface area contributed by atoms with Crippen LogP contribution < -0.4 is 5.32 Å². The van der Waals surface area contributed by atoms with Gasteiger partial charge in [0.1, 0.15) is 6.61 Å². The van der Waals surface area contributed by atoms with E-state index in [0.717, 1.165) is 28.7 Å². The second-order valence-electron chi connectivity index (χ2n) is 10.2. The topological polar surface area (TPSA) is 120 Å². The number of Topliss-reactive ketones (excluding diaryl/α,β-unsaturated/α-hetero) is 2. The molecule has 9 heteroatoms. The molecule has 224 valence electrons. The lowest BCUT2D eigenvalue weighted by atomic mass is 9.93. The number of rotatable bonds is 19. The molecular weight excluding hydrogens is 526 g/mol. The first-order valence-corrected chi connectivity index (χ1v) is 14.4. The highest BCUT2D eigenvalue weighted by atomic mass is 16.5. The van der Waals surface area contributed by atoms with Gasteiger partial charge in [0.25, 0.3) is 0 Å². The summed E-state index contributed by atoms with van der Waals surface area (Å²) in [5.41, 5.74) is 4.93. The zero-order chi connectivity index (χ0) is 29.6. The number of methoxy groups -OCH3 is 1. The number of carbonyl (C=O) groups is 3. The van der Waals surface area contributed by atoms with Gasteiger partial charge >= 0.3 is 6.09 Å². The summed E-state index contributed by atoms with van der Waals surface area (Å²) in [7, 11) is 3.16. The monoisotopic (exact) mass is 569 g/mol. The molecular formula is C32H43NO8. The van der Waals surface area contributed by atoms with Crippen molar-refractivity contribution in [2.45, 2.75) is 57.5 Å². The van der Waals surface area contributed by atoms with Crippen LogP contribution in [0.4, 0.5) is 4.79 Å². The van der Waals surface area contributed by atoms with Gasteiger partial charge in [0.05, 0.1) is 6.10 Å². The molecule has 0 heterocycles. The highest BCUT2D eigenvalue weighted by Gasteiger charge is 2.31. The van der Waals surface area contributed by atoms with Crippen LogP contribution in [0.2, 0.25) is 0 Å². The smallest absolute Gasteiger partial charge is 0.406 e. The van der Waals surface area contributed by atoms with Gasteiger partial charge in [-0.25, -0.2) is 4.79 Å². The van der Waals surface area contributed by atoms with Gasteiger partial charge in [-0.05, 0) is 67.0 Å². The van der Waals surface area contributed by atoms with Crippen LogP contribution in [0.1, 0.15) is 83.2 Å². The van der Waals surface area contributed by atoms with Gasteiger partial charge < -0.3 is 29.4 Å². The molecule has 0 bridgehead atoms. The van der Waals surface area contributed by atoms with Gasteiger partial charge in [-0.15, -0.1) is 0 Å². The number of ketones is 2. The average molecular weight is 570 g/mol. The van der Waals surface area contributed by atoms with E-state index in [1.807, 2.05) is 43.3 Å². The minimum Gasteiger partial charge on any atom is -0.449 e. The number of amides is 1. The summed E-state index contributed by atoms with van der Waals surface area (Å²) in [6.07, 6.45) is 2.72. The molecule has 0 saturated heterocycles. The lowest BCUT2D eigenvalue weighted by Gasteiger charge is -2.15. The fraction of sp³-hybridized carbons (Fsp3) is 0.531. The van der Waals surface area contributed by atoms with Crippen molar-refractivity contribution in [3.8, 4) is 11.1 Å². The van der Waals surface area contributed by atoms with E-state index in [-0.39, 0.29) is 36.8 Å². The van der Waals surface area contributed by atoms with Gasteiger partial charge in [-0.2, -0.15) is 0 Å². The van der Waals surface area contributed by atoms with Gasteiger partial charge in [0.2, 0.25) is 0 Å². The first kappa shape index (κ1) is 32.4. The van der Waals surface area contributed by atoms with E-state index >= 15 is 0 Å². The Morgan fingerprint density at radius 1 is 0.878 bits per heavy atom. The van der Waals surface area contributed by atoms with Crippen molar-refractivity contribution in [1.29, 1.82) is 0 Å². The molecule has 0 aliphatic heterocycles. The Bertz CT molecular complexity index is 1160. The Hall–Kier alpha value is -3.11. The number of hydrogen-bond acceptors (Lipinski definition) is 8. The van der Waals surface area contributed by atoms with Crippen LogP contribution >= 0.6 is 0 Å². The first-order chi connectivity index (χ1) is 19.9. The molecule has 2 N–H and O–H groups in total. The standard InChI is InChI=1S/C32H43NO8/c1-22(13-14-34)40-18-5-8-31(36)24-10-12-26-25-11-9-23(30(35)7-4-16-39-17-6-15-38-3)19-27(25)29(28(26)20-24)21-41-32(37)33-2/h9-12,19-20,22,29,34H,4-8,13-18,21H2,1-3H3,(H,33,37). The maximum Gasteiger partial charge on any atom is 0.406 e. The predicted octanol–water partition coefficient (Wildman–Crippen LogP) is 4.92. The normalized spacial score (nSPS) is 14.3. The highest BCUT2D eigenvalue weighted by Crippen LogP contribution is 2.46. The molecule has 1 amide bonds. The summed E-state index contributed by atoms with van der Waals surface area (Å²) >= 11 is 0. The van der Waals surface area contributed by atoms with Crippen LogP contribution in [0.25, 0.3) is 11.1 Å². The largest absolute Gasteiger partial charge is 0.449 e. The molecule has 9 nitrogen and oxygen atoms in total. The highest BCUT2D eigenvalue weighted by molar-refractivity contribution is 5.99. The minimum absolute atomic E-state index is 0.00782. The number of alkyl carbamates (subject to hydrolysis) is 1. The Kier molecular flexibility index (Phi) is 13.4. The predicted molar refractivity (Wildman–Crippen MR) is 156 cm³/mol. The lowest BCUT2D eigenvalue weighted by Crippen LogP contribution is -2.22. The summed E-state index contributed by atoms with van der Waals surface area (Å²) in [6, 6.07) is 11.3. The van der Waals surface area contributed by atoms with E-state index < -0.39 is 6.09 Å². The fourth-order valence-electron chi connectivity index (χ4n) is 4.93. The summed E-state index contributed by atoms with van der Waals surface area (Å²) < 4.78 is 21.7. The third-order valence-corrected chi connectivity index (χ3v) is 7.19. The molecule has 1 aliphatic rings. The molecule has 2 aromatic rings. The van der Waals surface area contributed by atoms with E-state index in [9.17, 15) is 14.4 Å². The molecule has 2 unspecified atom stereocenters. The third-order valence-electron chi connectivity index (χ3n) is 7.19. The van der Waals surface area contributed by atoms with Crippen LogP contribution in [0.15, 0.2) is 36.4 Å². The molecule has 41 heavy (non-hydrogen) atoms. The number of carbonyl (C=O) groups excluding carboxylic acids is 3. The SMILES string of the molecule is CNC(=O)OCC1c2cc(C(=O)CCCOCCCOC)ccc2-c2ccc(C(=O)CCCOC(C)CCO)cc21. The van der Waals surface area contributed by atoms with Gasteiger partial charge in [0, 0.05) is 77.1 Å². The molecule has 2 atom stereocenters. The number of hydrogen-bond donors (Lipinski definition) is 2. The zero-order valence-corrected chi connectivity index (χ0v) is 24.4. The first-order valence-electron chi connectivity index (χ1n) is 14.4. The lowest BCUT2D eigenvalue weighted by molar-refractivity contribution is 0.0451. The molecule has 2 aromatic carbocycles. The molecule has 3 rings (SSSR count). The van der Waals surface area contributed by atoms with E-state index in [4.69, 9.17) is 24.1 Å². The fourth-order valence-corrected chi connectivity index (χ4v) is 4.93. The Morgan fingerprint density at radius 3 is 2.02 bits per heavy atom. The van der Waals surface area contributed by atoms with Crippen molar-refractivity contribution >= 4 is 17.7 Å². The molecule has 0 radical (unpaired) electrons. The third kappa shape index (κ3) is 9.46. The summed E-state index contributed by atoms with van der Waals surface area (Å²) in [5, 5.41) is 11.5. The zero-order valence-electron chi connectivity index (χ0n) is 24.4. The number of aliphatic hydroxyl groups is 1. The number of aliphatic hydroxyl groups excluding tert-OH is 1. The summed E-state index contributed by atoms with van der Waals surface area (Å²) in [5.74, 6) is -0.264. The van der Waals surface area contributed by atoms with Crippen molar-refractivity contribution < 1.29 is 38.4 Å². The van der Waals surface area contributed by atoms with Crippen molar-refractivity contribution in [2.75, 3.05) is 53.8 Å². The maximum atomic E-state index is 13.0. The van der Waals surface area contributed by atoms with Crippen molar-refractivity contribution in [1.82, 2.24) is 5.32 Å². The number of ether oxygens (including phenoxy) is 4. The van der Waals surface area contributed by atoms with Gasteiger partial charge in [-0.1, -0.05) is 24.3 Å². The number of nitrogens with one attached hydrogen (secondary N) is 1. The second kappa shape index (κ2) is 17.0. The van der Waals surface area contributed by atoms with Crippen LogP contribution in [0.3, 0.4) is 0 Å². The van der Waals surface area contributed by atoms with E-state index in [1.165, 1.54) is 7.05 Å². The van der Waals surface area contributed by atoms with Crippen molar-refractivity contribution in [2.24, 2.45) is 0 Å². The maximum absolute atomic E-state index is 13.0. The number of benzene rings is 2. The van der Waals surface area contributed by atoms with E-state index in [1.54, 1.807) is 7.11 Å². The molecule has 0 fully saturated rings. The Labute approximate surface area is 242 Å². The molecule has 0 saturated carbocycles. The van der Waals surface area contributed by atoms with Crippen LogP contribution in [0, 0.1) is 0 Å². The molecule has 1 aliphatic carbocycles.